The molecular formula is C33H38N6O9. The van der Waals surface area contributed by atoms with Gasteiger partial charge in [0.2, 0.25) is 18.2 Å². The van der Waals surface area contributed by atoms with Crippen molar-refractivity contribution in [2.75, 3.05) is 56.0 Å². The molecular weight excluding hydrogens is 624 g/mol. The first-order valence-electron chi connectivity index (χ1n) is 14.8. The van der Waals surface area contributed by atoms with Crippen molar-refractivity contribution in [2.24, 2.45) is 20.4 Å². The van der Waals surface area contributed by atoms with E-state index in [1.165, 1.54) is 0 Å². The maximum absolute atomic E-state index is 10.7. The lowest BCUT2D eigenvalue weighted by atomic mass is 9.88. The summed E-state index contributed by atoms with van der Waals surface area (Å²) in [7, 11) is 0. The van der Waals surface area contributed by atoms with Gasteiger partial charge in [0.1, 0.15) is 0 Å². The fourth-order valence-corrected chi connectivity index (χ4v) is 4.06. The molecule has 15 heteroatoms. The van der Waals surface area contributed by atoms with Crippen molar-refractivity contribution < 1.29 is 43.7 Å². The van der Waals surface area contributed by atoms with E-state index in [9.17, 15) is 14.4 Å². The third-order valence-corrected chi connectivity index (χ3v) is 7.23. The van der Waals surface area contributed by atoms with Gasteiger partial charge in [0.25, 0.3) is 0 Å². The molecule has 0 fully saturated rings. The number of nitrogens with zero attached hydrogens (tertiary/aromatic N) is 3. The van der Waals surface area contributed by atoms with E-state index in [-0.39, 0.29) is 40.0 Å². The fourth-order valence-electron chi connectivity index (χ4n) is 4.06. The zero-order chi connectivity index (χ0) is 34.6. The van der Waals surface area contributed by atoms with E-state index in [0.29, 0.717) is 40.5 Å². The Hall–Kier alpha value is -5.04. The molecule has 0 aromatic heterocycles. The van der Waals surface area contributed by atoms with Crippen LogP contribution in [0, 0.1) is 26.2 Å². The summed E-state index contributed by atoms with van der Waals surface area (Å²) < 4.78 is 0. The van der Waals surface area contributed by atoms with Gasteiger partial charge in [0.15, 0.2) is 20.2 Å². The van der Waals surface area contributed by atoms with Gasteiger partial charge in [-0.05, 0) is 80.3 Å². The molecule has 0 aliphatic rings. The molecule has 3 aromatic rings. The third kappa shape index (κ3) is 12.3. The van der Waals surface area contributed by atoms with Crippen LogP contribution in [0.3, 0.4) is 0 Å². The highest BCUT2D eigenvalue weighted by Crippen LogP contribution is 2.27. The van der Waals surface area contributed by atoms with Crippen LogP contribution in [0.1, 0.15) is 30.0 Å². The van der Waals surface area contributed by atoms with Crippen molar-refractivity contribution in [3.05, 3.63) is 71.3 Å². The summed E-state index contributed by atoms with van der Waals surface area (Å²) in [5.74, 6) is 0. The van der Waals surface area contributed by atoms with Crippen LogP contribution in [-0.2, 0) is 43.7 Å². The maximum Gasteiger partial charge on any atom is 0.240 e. The molecule has 15 nitrogen and oxygen atoms in total. The highest BCUT2D eigenvalue weighted by atomic mass is 17.2. The highest BCUT2D eigenvalue weighted by molar-refractivity contribution is 5.63. The summed E-state index contributed by atoms with van der Waals surface area (Å²) >= 11 is 0. The number of aliphatic imine (C=N–C) groups is 3. The molecule has 0 amide bonds. The van der Waals surface area contributed by atoms with Crippen LogP contribution in [-0.4, -0.2) is 58.3 Å². The van der Waals surface area contributed by atoms with Gasteiger partial charge < -0.3 is 16.0 Å². The van der Waals surface area contributed by atoms with E-state index in [1.807, 2.05) is 64.1 Å². The molecule has 254 valence electrons. The smallest absolute Gasteiger partial charge is 0.240 e. The van der Waals surface area contributed by atoms with E-state index in [1.54, 1.807) is 36.4 Å². The molecule has 0 unspecified atom stereocenters. The summed E-state index contributed by atoms with van der Waals surface area (Å²) in [6.07, 6.45) is 5.15. The lowest BCUT2D eigenvalue weighted by Gasteiger charge is -2.30. The summed E-state index contributed by atoms with van der Waals surface area (Å²) in [5, 5.41) is 9.11. The van der Waals surface area contributed by atoms with E-state index >= 15 is 0 Å². The first-order valence-corrected chi connectivity index (χ1v) is 14.8. The van der Waals surface area contributed by atoms with Crippen molar-refractivity contribution >= 4 is 52.4 Å². The first kappa shape index (κ1) is 37.4. The zero-order valence-electron chi connectivity index (χ0n) is 27.2. The molecule has 0 heterocycles. The quantitative estimate of drug-likeness (QED) is 0.0275. The predicted molar refractivity (Wildman–Crippen MR) is 176 cm³/mol. The fraction of sp³-hybridized carbons (Fsp3) is 0.364. The van der Waals surface area contributed by atoms with Crippen molar-refractivity contribution in [3.8, 4) is 0 Å². The average Bonchev–Trinajstić information content (AvgIpc) is 3.08. The monoisotopic (exact) mass is 662 g/mol. The van der Waals surface area contributed by atoms with Gasteiger partial charge in [0, 0.05) is 22.5 Å². The maximum atomic E-state index is 10.7. The van der Waals surface area contributed by atoms with Gasteiger partial charge in [0.05, 0.1) is 36.9 Å². The molecule has 3 aromatic carbocycles. The number of aryl methyl sites for hydroxylation is 3. The largest absolute Gasteiger partial charge is 0.360 e. The van der Waals surface area contributed by atoms with E-state index in [4.69, 9.17) is 29.3 Å². The Morgan fingerprint density at radius 3 is 1.12 bits per heavy atom. The van der Waals surface area contributed by atoms with Gasteiger partial charge in [-0.1, -0.05) is 25.1 Å². The lowest BCUT2D eigenvalue weighted by Crippen LogP contribution is -2.37. The third-order valence-electron chi connectivity index (χ3n) is 7.23. The van der Waals surface area contributed by atoms with Crippen LogP contribution < -0.4 is 16.0 Å². The Labute approximate surface area is 277 Å². The standard InChI is InChI=1S/C33H38N6O9/c1-5-33(15-43-46-21-37-27-9-6-24(2)30(12-27)34-18-40,16-44-47-22-38-28-10-7-25(3)31(13-28)35-19-41)17-45-48-23-39-29-11-8-26(4)32(14-29)36-20-42/h6-14,37-39H,5,15-17,21-23H2,1-4H3. The van der Waals surface area contributed by atoms with Crippen LogP contribution in [0.2, 0.25) is 0 Å². The summed E-state index contributed by atoms with van der Waals surface area (Å²) in [6.45, 7) is 7.55. The summed E-state index contributed by atoms with van der Waals surface area (Å²) in [5.41, 5.74) is 5.22. The van der Waals surface area contributed by atoms with Crippen LogP contribution in [0.5, 0.6) is 0 Å². The average molecular weight is 663 g/mol. The molecule has 0 saturated heterocycles. The van der Waals surface area contributed by atoms with Gasteiger partial charge >= 0.3 is 0 Å². The van der Waals surface area contributed by atoms with Crippen LogP contribution in [0.25, 0.3) is 0 Å². The highest BCUT2D eigenvalue weighted by Gasteiger charge is 2.32. The summed E-state index contributed by atoms with van der Waals surface area (Å²) in [4.78, 5) is 75.8. The van der Waals surface area contributed by atoms with Crippen LogP contribution >= 0.6 is 0 Å². The van der Waals surface area contributed by atoms with Gasteiger partial charge in [-0.2, -0.15) is 15.0 Å². The van der Waals surface area contributed by atoms with Gasteiger partial charge in [-0.25, -0.2) is 43.7 Å². The number of hydrogen-bond acceptors (Lipinski definition) is 15. The minimum Gasteiger partial charge on any atom is -0.360 e. The molecule has 48 heavy (non-hydrogen) atoms. The second-order valence-corrected chi connectivity index (χ2v) is 10.6. The van der Waals surface area contributed by atoms with Crippen LogP contribution in [0.4, 0.5) is 34.1 Å². The Kier molecular flexibility index (Phi) is 15.8. The molecule has 0 aliphatic heterocycles. The Morgan fingerprint density at radius 1 is 0.542 bits per heavy atom. The number of anilines is 3. The van der Waals surface area contributed by atoms with Gasteiger partial charge in [-0.15, -0.1) is 0 Å². The van der Waals surface area contributed by atoms with Crippen molar-refractivity contribution in [1.82, 2.24) is 0 Å². The van der Waals surface area contributed by atoms with E-state index in [0.717, 1.165) is 16.7 Å². The minimum atomic E-state index is -0.763. The number of carbonyl (C=O) groups excluding carboxylic acids is 3. The zero-order valence-corrected chi connectivity index (χ0v) is 27.2. The second kappa shape index (κ2) is 20.3. The number of rotatable bonds is 22. The van der Waals surface area contributed by atoms with E-state index < -0.39 is 5.41 Å². The topological polar surface area (TPSA) is 180 Å². The van der Waals surface area contributed by atoms with E-state index in [2.05, 4.69) is 30.9 Å². The Balaban J connectivity index is 1.53. The molecule has 0 radical (unpaired) electrons. The molecule has 0 bridgehead atoms. The number of benzene rings is 3. The predicted octanol–water partition coefficient (Wildman–Crippen LogP) is 6.26. The van der Waals surface area contributed by atoms with Crippen LogP contribution in [0.15, 0.2) is 69.6 Å². The van der Waals surface area contributed by atoms with Crippen molar-refractivity contribution in [1.29, 1.82) is 0 Å². The molecule has 3 rings (SSSR count). The Bertz CT molecular complexity index is 1450. The number of isocyanates is 3. The molecule has 0 saturated carbocycles. The summed E-state index contributed by atoms with van der Waals surface area (Å²) in [6, 6.07) is 16.0. The van der Waals surface area contributed by atoms with Crippen molar-refractivity contribution in [2.45, 2.75) is 34.1 Å². The van der Waals surface area contributed by atoms with Crippen molar-refractivity contribution in [3.63, 3.8) is 0 Å². The first-order chi connectivity index (χ1) is 23.3. The number of hydrogen-bond donors (Lipinski definition) is 3. The SMILES string of the molecule is CCC(COOCNc1ccc(C)c(N=C=O)c1)(COOCNc1ccc(C)c(N=C=O)c1)COOCNc1ccc(C)c(N=C=O)c1. The minimum absolute atomic E-state index is 0.00493. The number of nitrogens with one attached hydrogen (secondary N) is 3. The Morgan fingerprint density at radius 2 is 0.854 bits per heavy atom. The second-order valence-electron chi connectivity index (χ2n) is 10.6. The molecule has 0 aliphatic carbocycles. The molecule has 0 atom stereocenters. The molecule has 0 spiro atoms. The normalized spacial score (nSPS) is 11.8. The lowest BCUT2D eigenvalue weighted by molar-refractivity contribution is -0.364. The molecule has 3 N–H and O–H groups in total. The van der Waals surface area contributed by atoms with Gasteiger partial charge in [-0.3, -0.25) is 0 Å².